The van der Waals surface area contributed by atoms with Crippen LogP contribution in [0.5, 0.6) is 5.75 Å². The zero-order valence-corrected chi connectivity index (χ0v) is 21.7. The fourth-order valence-corrected chi connectivity index (χ4v) is 5.13. The second kappa shape index (κ2) is 10.1. The number of rotatable bonds is 6. The lowest BCUT2D eigenvalue weighted by molar-refractivity contribution is -0.123. The van der Waals surface area contributed by atoms with Crippen LogP contribution in [0, 0.1) is 13.8 Å². The molecule has 0 spiro atoms. The molecule has 0 fully saturated rings. The molecule has 0 radical (unpaired) electrons. The van der Waals surface area contributed by atoms with E-state index in [1.807, 2.05) is 62.4 Å². The molecule has 0 aliphatic rings. The zero-order chi connectivity index (χ0) is 23.5. The number of hydrogen-bond donors (Lipinski definition) is 1. The standard InChI is InChI=1S/C24H19Br2ClN4O2/c1-14-9-16(15(2)31(14)18-6-3-5-17(27)10-18)12-29-30-22(32)13-33-24-21(26)11-20(25)19-7-4-8-28-23(19)24/h3-12H,13H2,1-2H3,(H,30,32)/b29-12+. The van der Waals surface area contributed by atoms with Crippen LogP contribution in [0.25, 0.3) is 16.6 Å². The molecule has 0 aliphatic heterocycles. The molecular weight excluding hydrogens is 572 g/mol. The van der Waals surface area contributed by atoms with E-state index >= 15 is 0 Å². The molecule has 2 aromatic carbocycles. The number of benzene rings is 2. The van der Waals surface area contributed by atoms with Gasteiger partial charge in [0.05, 0.1) is 10.7 Å². The van der Waals surface area contributed by atoms with Crippen LogP contribution in [0.2, 0.25) is 5.02 Å². The summed E-state index contributed by atoms with van der Waals surface area (Å²) >= 11 is 13.1. The average Bonchev–Trinajstić information content (AvgIpc) is 3.06. The molecule has 1 N–H and O–H groups in total. The van der Waals surface area contributed by atoms with Crippen molar-refractivity contribution in [3.8, 4) is 11.4 Å². The molecule has 4 rings (SSSR count). The number of fused-ring (bicyclic) bond motifs is 1. The number of carbonyl (C=O) groups is 1. The van der Waals surface area contributed by atoms with E-state index in [0.29, 0.717) is 20.8 Å². The predicted molar refractivity (Wildman–Crippen MR) is 139 cm³/mol. The minimum absolute atomic E-state index is 0.204. The van der Waals surface area contributed by atoms with Gasteiger partial charge in [-0.2, -0.15) is 5.10 Å². The number of halogens is 3. The first-order chi connectivity index (χ1) is 15.8. The molecular formula is C24H19Br2ClN4O2. The molecule has 0 aliphatic carbocycles. The summed E-state index contributed by atoms with van der Waals surface area (Å²) in [6.07, 6.45) is 3.30. The third-order valence-corrected chi connectivity index (χ3v) is 6.51. The van der Waals surface area contributed by atoms with E-state index in [9.17, 15) is 4.79 Å². The average molecular weight is 591 g/mol. The van der Waals surface area contributed by atoms with Crippen LogP contribution in [0.15, 0.2) is 68.8 Å². The molecule has 2 heterocycles. The van der Waals surface area contributed by atoms with Gasteiger partial charge >= 0.3 is 0 Å². The van der Waals surface area contributed by atoms with Crippen LogP contribution in [-0.2, 0) is 4.79 Å². The summed E-state index contributed by atoms with van der Waals surface area (Å²) in [5, 5.41) is 5.66. The summed E-state index contributed by atoms with van der Waals surface area (Å²) in [6, 6.07) is 15.3. The molecule has 33 heavy (non-hydrogen) atoms. The van der Waals surface area contributed by atoms with Crippen LogP contribution in [-0.4, -0.2) is 28.3 Å². The van der Waals surface area contributed by atoms with E-state index < -0.39 is 0 Å². The highest BCUT2D eigenvalue weighted by Gasteiger charge is 2.14. The number of nitrogens with one attached hydrogen (secondary N) is 1. The SMILES string of the molecule is Cc1cc(/C=N/NC(=O)COc2c(Br)cc(Br)c3cccnc23)c(C)n1-c1cccc(Cl)c1. The minimum Gasteiger partial charge on any atom is -0.480 e. The van der Waals surface area contributed by atoms with Gasteiger partial charge in [-0.15, -0.1) is 0 Å². The lowest BCUT2D eigenvalue weighted by Gasteiger charge is -2.11. The fourth-order valence-electron chi connectivity index (χ4n) is 3.56. The monoisotopic (exact) mass is 588 g/mol. The van der Waals surface area contributed by atoms with Crippen molar-refractivity contribution >= 4 is 66.5 Å². The number of pyridine rings is 1. The van der Waals surface area contributed by atoms with Crippen molar-refractivity contribution in [2.24, 2.45) is 5.10 Å². The van der Waals surface area contributed by atoms with Crippen molar-refractivity contribution in [1.29, 1.82) is 0 Å². The van der Waals surface area contributed by atoms with Crippen molar-refractivity contribution in [2.75, 3.05) is 6.61 Å². The molecule has 0 atom stereocenters. The molecule has 0 bridgehead atoms. The number of hydrogen-bond acceptors (Lipinski definition) is 4. The molecule has 9 heteroatoms. The van der Waals surface area contributed by atoms with Gasteiger partial charge in [0, 0.05) is 43.7 Å². The van der Waals surface area contributed by atoms with E-state index in [0.717, 1.165) is 32.5 Å². The van der Waals surface area contributed by atoms with E-state index in [4.69, 9.17) is 16.3 Å². The van der Waals surface area contributed by atoms with Crippen molar-refractivity contribution in [1.82, 2.24) is 15.0 Å². The maximum Gasteiger partial charge on any atom is 0.277 e. The van der Waals surface area contributed by atoms with Crippen LogP contribution in [0.3, 0.4) is 0 Å². The van der Waals surface area contributed by atoms with Crippen LogP contribution < -0.4 is 10.2 Å². The van der Waals surface area contributed by atoms with Gasteiger partial charge in [-0.25, -0.2) is 5.43 Å². The summed E-state index contributed by atoms with van der Waals surface area (Å²) < 4.78 is 9.42. The molecule has 2 aromatic heterocycles. The highest BCUT2D eigenvalue weighted by molar-refractivity contribution is 9.11. The Labute approximate surface area is 212 Å². The summed E-state index contributed by atoms with van der Waals surface area (Å²) in [5.41, 5.74) is 7.05. The van der Waals surface area contributed by atoms with Gasteiger partial charge in [-0.1, -0.05) is 39.7 Å². The lowest BCUT2D eigenvalue weighted by atomic mass is 10.2. The maximum atomic E-state index is 12.3. The van der Waals surface area contributed by atoms with Gasteiger partial charge in [-0.05, 0) is 66.2 Å². The van der Waals surface area contributed by atoms with E-state index in [2.05, 4.69) is 51.9 Å². The van der Waals surface area contributed by atoms with Crippen molar-refractivity contribution < 1.29 is 9.53 Å². The molecule has 4 aromatic rings. The Morgan fingerprint density at radius 2 is 2.00 bits per heavy atom. The summed E-state index contributed by atoms with van der Waals surface area (Å²) in [7, 11) is 0. The number of carbonyl (C=O) groups excluding carboxylic acids is 1. The Morgan fingerprint density at radius 3 is 2.79 bits per heavy atom. The van der Waals surface area contributed by atoms with Gasteiger partial charge in [-0.3, -0.25) is 9.78 Å². The van der Waals surface area contributed by atoms with E-state index in [1.54, 1.807) is 12.4 Å². The van der Waals surface area contributed by atoms with Gasteiger partial charge < -0.3 is 9.30 Å². The Kier molecular flexibility index (Phi) is 7.17. The highest BCUT2D eigenvalue weighted by atomic mass is 79.9. The van der Waals surface area contributed by atoms with Crippen LogP contribution in [0.1, 0.15) is 17.0 Å². The van der Waals surface area contributed by atoms with Crippen LogP contribution >= 0.6 is 43.5 Å². The lowest BCUT2D eigenvalue weighted by Crippen LogP contribution is -2.24. The van der Waals surface area contributed by atoms with E-state index in [-0.39, 0.29) is 12.5 Å². The first-order valence-corrected chi connectivity index (χ1v) is 11.9. The van der Waals surface area contributed by atoms with Gasteiger partial charge in [0.25, 0.3) is 5.91 Å². The van der Waals surface area contributed by atoms with Crippen molar-refractivity contribution in [3.05, 3.63) is 85.6 Å². The molecule has 168 valence electrons. The van der Waals surface area contributed by atoms with E-state index in [1.165, 1.54) is 0 Å². The smallest absolute Gasteiger partial charge is 0.277 e. The Balaban J connectivity index is 1.44. The third-order valence-electron chi connectivity index (χ3n) is 5.03. The first-order valence-electron chi connectivity index (χ1n) is 9.97. The maximum absolute atomic E-state index is 12.3. The summed E-state index contributed by atoms with van der Waals surface area (Å²) in [4.78, 5) is 16.7. The third kappa shape index (κ3) is 5.13. The van der Waals surface area contributed by atoms with Crippen molar-refractivity contribution in [3.63, 3.8) is 0 Å². The second-order valence-electron chi connectivity index (χ2n) is 7.29. The molecule has 0 saturated heterocycles. The number of ether oxygens (including phenoxy) is 1. The second-order valence-corrected chi connectivity index (χ2v) is 9.44. The number of aryl methyl sites for hydroxylation is 1. The summed E-state index contributed by atoms with van der Waals surface area (Å²) in [6.45, 7) is 3.79. The van der Waals surface area contributed by atoms with Gasteiger partial charge in [0.1, 0.15) is 5.52 Å². The zero-order valence-electron chi connectivity index (χ0n) is 17.8. The topological polar surface area (TPSA) is 68.5 Å². The number of aromatic nitrogens is 2. The molecule has 0 saturated carbocycles. The Morgan fingerprint density at radius 1 is 1.18 bits per heavy atom. The van der Waals surface area contributed by atoms with Crippen LogP contribution in [0.4, 0.5) is 0 Å². The molecule has 6 nitrogen and oxygen atoms in total. The highest BCUT2D eigenvalue weighted by Crippen LogP contribution is 2.37. The fraction of sp³-hybridized carbons (Fsp3) is 0.125. The number of amides is 1. The quantitative estimate of drug-likeness (QED) is 0.210. The molecule has 0 unspecified atom stereocenters. The molecule has 1 amide bonds. The minimum atomic E-state index is -0.381. The Hall–Kier alpha value is -2.68. The number of hydrazone groups is 1. The Bertz CT molecular complexity index is 1380. The normalized spacial score (nSPS) is 11.3. The number of nitrogens with zero attached hydrogens (tertiary/aromatic N) is 3. The predicted octanol–water partition coefficient (Wildman–Crippen LogP) is 6.35. The van der Waals surface area contributed by atoms with Crippen molar-refractivity contribution in [2.45, 2.75) is 13.8 Å². The first kappa shape index (κ1) is 23.5. The van der Waals surface area contributed by atoms with Gasteiger partial charge in [0.15, 0.2) is 12.4 Å². The largest absolute Gasteiger partial charge is 0.480 e. The van der Waals surface area contributed by atoms with Gasteiger partial charge in [0.2, 0.25) is 0 Å². The summed E-state index contributed by atoms with van der Waals surface area (Å²) in [5.74, 6) is 0.117.